The lowest BCUT2D eigenvalue weighted by Crippen LogP contribution is -2.13. The molecule has 1 rings (SSSR count). The standard InChI is InChI=1S/C9H8F2NO/c1-12(6-13)8-4-2-7(3-5-8)9(10)11/h2-6H,1H3. The average Bonchev–Trinajstić information content (AvgIpc) is 2.17. The second-order valence-corrected chi connectivity index (χ2v) is 2.52. The Kier molecular flexibility index (Phi) is 2.95. The number of nitrogens with zero attached hydrogens (tertiary/aromatic N) is 1. The summed E-state index contributed by atoms with van der Waals surface area (Å²) in [6.45, 7) is 0. The summed E-state index contributed by atoms with van der Waals surface area (Å²) in [5.74, 6) is 0. The summed E-state index contributed by atoms with van der Waals surface area (Å²) in [6.07, 6.45) is -1.11. The van der Waals surface area contributed by atoms with E-state index in [4.69, 9.17) is 0 Å². The largest absolute Gasteiger partial charge is 0.339 e. The van der Waals surface area contributed by atoms with Gasteiger partial charge in [-0.15, -0.1) is 0 Å². The third kappa shape index (κ3) is 2.24. The first-order valence-corrected chi connectivity index (χ1v) is 3.61. The van der Waals surface area contributed by atoms with Gasteiger partial charge in [0, 0.05) is 18.3 Å². The van der Waals surface area contributed by atoms with Crippen LogP contribution in [-0.4, -0.2) is 13.5 Å². The summed E-state index contributed by atoms with van der Waals surface area (Å²) >= 11 is 0. The van der Waals surface area contributed by atoms with Gasteiger partial charge in [0.2, 0.25) is 6.41 Å². The van der Waals surface area contributed by atoms with Crippen LogP contribution >= 0.6 is 0 Å². The molecule has 1 amide bonds. The van der Waals surface area contributed by atoms with Crippen molar-refractivity contribution >= 4 is 12.1 Å². The SMILES string of the molecule is CN(C=O)c1ccc([C](F)F)cc1. The Balaban J connectivity index is 2.87. The topological polar surface area (TPSA) is 20.3 Å². The van der Waals surface area contributed by atoms with E-state index in [1.54, 1.807) is 7.05 Å². The maximum absolute atomic E-state index is 12.0. The molecule has 0 saturated carbocycles. The Morgan fingerprint density at radius 2 is 1.85 bits per heavy atom. The number of carbonyl (C=O) groups excluding carboxylic acids is 1. The summed E-state index contributed by atoms with van der Waals surface area (Å²) in [5.41, 5.74) is 0.461. The number of carbonyl (C=O) groups is 1. The molecule has 13 heavy (non-hydrogen) atoms. The van der Waals surface area contributed by atoms with Crippen LogP contribution in [0.4, 0.5) is 14.5 Å². The molecule has 1 aromatic rings. The lowest BCUT2D eigenvalue weighted by atomic mass is 10.2. The van der Waals surface area contributed by atoms with E-state index in [0.717, 1.165) is 0 Å². The number of benzene rings is 1. The molecule has 0 aliphatic heterocycles. The molecule has 1 aromatic carbocycles. The van der Waals surface area contributed by atoms with E-state index in [1.165, 1.54) is 29.2 Å². The van der Waals surface area contributed by atoms with Crippen molar-refractivity contribution in [3.8, 4) is 0 Å². The molecule has 0 saturated heterocycles. The summed E-state index contributed by atoms with van der Waals surface area (Å²) in [4.78, 5) is 11.6. The van der Waals surface area contributed by atoms with E-state index in [0.29, 0.717) is 12.1 Å². The number of hydrogen-bond donors (Lipinski definition) is 0. The minimum atomic E-state index is -1.72. The van der Waals surface area contributed by atoms with Crippen molar-refractivity contribution < 1.29 is 13.6 Å². The van der Waals surface area contributed by atoms with Crippen molar-refractivity contribution in [2.24, 2.45) is 0 Å². The molecule has 0 aliphatic rings. The van der Waals surface area contributed by atoms with Gasteiger partial charge in [0.05, 0.1) is 0 Å². The second-order valence-electron chi connectivity index (χ2n) is 2.52. The van der Waals surface area contributed by atoms with Gasteiger partial charge in [-0.05, 0) is 12.1 Å². The van der Waals surface area contributed by atoms with Gasteiger partial charge in [-0.1, -0.05) is 12.1 Å². The fourth-order valence-corrected chi connectivity index (χ4v) is 0.883. The molecule has 0 heterocycles. The molecular formula is C9H8F2NO. The van der Waals surface area contributed by atoms with Crippen LogP contribution in [0.5, 0.6) is 0 Å². The summed E-state index contributed by atoms with van der Waals surface area (Å²) < 4.78 is 24.0. The molecule has 0 N–H and O–H groups in total. The van der Waals surface area contributed by atoms with Crippen molar-refractivity contribution in [3.63, 3.8) is 0 Å². The predicted molar refractivity (Wildman–Crippen MR) is 45.5 cm³/mol. The van der Waals surface area contributed by atoms with E-state index in [-0.39, 0.29) is 5.56 Å². The molecule has 0 atom stereocenters. The van der Waals surface area contributed by atoms with Gasteiger partial charge in [0.1, 0.15) is 0 Å². The molecule has 0 unspecified atom stereocenters. The highest BCUT2D eigenvalue weighted by molar-refractivity contribution is 5.74. The van der Waals surface area contributed by atoms with E-state index < -0.39 is 6.43 Å². The summed E-state index contributed by atoms with van der Waals surface area (Å²) in [6, 6.07) is 5.46. The Morgan fingerprint density at radius 1 is 1.31 bits per heavy atom. The van der Waals surface area contributed by atoms with Crippen LogP contribution in [0.2, 0.25) is 0 Å². The zero-order chi connectivity index (χ0) is 9.84. The van der Waals surface area contributed by atoms with Crippen molar-refractivity contribution in [3.05, 3.63) is 36.3 Å². The highest BCUT2D eigenvalue weighted by atomic mass is 19.3. The third-order valence-corrected chi connectivity index (χ3v) is 1.65. The van der Waals surface area contributed by atoms with E-state index >= 15 is 0 Å². The zero-order valence-corrected chi connectivity index (χ0v) is 7.00. The van der Waals surface area contributed by atoms with Crippen LogP contribution in [0.3, 0.4) is 0 Å². The number of rotatable bonds is 3. The molecule has 0 bridgehead atoms. The van der Waals surface area contributed by atoms with Crippen molar-refractivity contribution in [1.29, 1.82) is 0 Å². The minimum Gasteiger partial charge on any atom is -0.318 e. The Bertz CT molecular complexity index is 284. The first-order valence-electron chi connectivity index (χ1n) is 3.61. The van der Waals surface area contributed by atoms with Gasteiger partial charge in [-0.3, -0.25) is 4.79 Å². The van der Waals surface area contributed by atoms with Gasteiger partial charge in [-0.2, -0.15) is 8.78 Å². The first-order chi connectivity index (χ1) is 6.15. The number of anilines is 1. The molecule has 0 spiro atoms. The summed E-state index contributed by atoms with van der Waals surface area (Å²) in [7, 11) is 1.55. The normalized spacial score (nSPS) is 10.2. The molecule has 69 valence electrons. The van der Waals surface area contributed by atoms with Gasteiger partial charge < -0.3 is 4.90 Å². The lowest BCUT2D eigenvalue weighted by Gasteiger charge is -2.10. The Hall–Kier alpha value is -1.45. The lowest BCUT2D eigenvalue weighted by molar-refractivity contribution is -0.107. The third-order valence-electron chi connectivity index (χ3n) is 1.65. The molecule has 4 heteroatoms. The highest BCUT2D eigenvalue weighted by Gasteiger charge is 2.09. The number of amides is 1. The van der Waals surface area contributed by atoms with Gasteiger partial charge >= 0.3 is 6.43 Å². The smallest absolute Gasteiger partial charge is 0.318 e. The van der Waals surface area contributed by atoms with Gasteiger partial charge in [0.25, 0.3) is 0 Å². The van der Waals surface area contributed by atoms with Crippen LogP contribution in [0.1, 0.15) is 5.56 Å². The monoisotopic (exact) mass is 184 g/mol. The minimum absolute atomic E-state index is 0.122. The van der Waals surface area contributed by atoms with Crippen LogP contribution in [-0.2, 0) is 4.79 Å². The van der Waals surface area contributed by atoms with Gasteiger partial charge in [-0.25, -0.2) is 0 Å². The molecule has 1 radical (unpaired) electrons. The molecule has 2 nitrogen and oxygen atoms in total. The number of halogens is 2. The fourth-order valence-electron chi connectivity index (χ4n) is 0.883. The van der Waals surface area contributed by atoms with Crippen molar-refractivity contribution in [1.82, 2.24) is 0 Å². The van der Waals surface area contributed by atoms with Gasteiger partial charge in [0.15, 0.2) is 0 Å². The predicted octanol–water partition coefficient (Wildman–Crippen LogP) is 2.06. The van der Waals surface area contributed by atoms with E-state index in [2.05, 4.69) is 0 Å². The molecular weight excluding hydrogens is 176 g/mol. The van der Waals surface area contributed by atoms with Crippen molar-refractivity contribution in [2.45, 2.75) is 0 Å². The average molecular weight is 184 g/mol. The van der Waals surface area contributed by atoms with Crippen LogP contribution in [0.15, 0.2) is 24.3 Å². The van der Waals surface area contributed by atoms with Crippen LogP contribution in [0.25, 0.3) is 0 Å². The first kappa shape index (κ1) is 9.64. The zero-order valence-electron chi connectivity index (χ0n) is 7.00. The highest BCUT2D eigenvalue weighted by Crippen LogP contribution is 2.20. The van der Waals surface area contributed by atoms with E-state index in [1.807, 2.05) is 0 Å². The van der Waals surface area contributed by atoms with E-state index in [9.17, 15) is 13.6 Å². The number of hydrogen-bond acceptors (Lipinski definition) is 1. The molecule has 0 aliphatic carbocycles. The van der Waals surface area contributed by atoms with Crippen molar-refractivity contribution in [2.75, 3.05) is 11.9 Å². The molecule has 0 fully saturated rings. The Labute approximate surface area is 74.8 Å². The second kappa shape index (κ2) is 3.98. The quantitative estimate of drug-likeness (QED) is 0.658. The van der Waals surface area contributed by atoms with Crippen LogP contribution in [0, 0.1) is 6.43 Å². The van der Waals surface area contributed by atoms with Crippen LogP contribution < -0.4 is 4.90 Å². The maximum atomic E-state index is 12.0. The molecule has 0 aromatic heterocycles. The Morgan fingerprint density at radius 3 is 2.23 bits per heavy atom. The fraction of sp³-hybridized carbons (Fsp3) is 0.111. The maximum Gasteiger partial charge on any atom is 0.339 e. The summed E-state index contributed by atoms with van der Waals surface area (Å²) in [5, 5.41) is 0.